The van der Waals surface area contributed by atoms with Crippen LogP contribution in [0.5, 0.6) is 11.5 Å². The van der Waals surface area contributed by atoms with Gasteiger partial charge in [0.15, 0.2) is 18.1 Å². The molecular weight excluding hydrogens is 280 g/mol. The molecule has 1 aromatic carbocycles. The summed E-state index contributed by atoms with van der Waals surface area (Å²) in [5, 5.41) is 3.61. The van der Waals surface area contributed by atoms with Gasteiger partial charge in [-0.1, -0.05) is 37.8 Å². The zero-order chi connectivity index (χ0) is 15.8. The van der Waals surface area contributed by atoms with Gasteiger partial charge >= 0.3 is 0 Å². The maximum Gasteiger partial charge on any atom is 0.255 e. The Morgan fingerprint density at radius 2 is 2.00 bits per heavy atom. The standard InChI is InChI=1S/C17H26N2O3/c1-21-15-10-6-7-13(17(15)22-12-16(18)20)11-19-14-8-4-2-3-5-9-14/h6-7,10,14,19H,2-5,8-9,11-12H2,1H3,(H2,18,20). The van der Waals surface area contributed by atoms with Gasteiger partial charge in [0.2, 0.25) is 0 Å². The quantitative estimate of drug-likeness (QED) is 0.759. The first-order chi connectivity index (χ1) is 10.7. The topological polar surface area (TPSA) is 73.6 Å². The minimum Gasteiger partial charge on any atom is -0.493 e. The van der Waals surface area contributed by atoms with Crippen molar-refractivity contribution < 1.29 is 14.3 Å². The van der Waals surface area contributed by atoms with Crippen LogP contribution in [0.15, 0.2) is 18.2 Å². The second-order valence-corrected chi connectivity index (χ2v) is 5.77. The molecule has 1 aliphatic rings. The van der Waals surface area contributed by atoms with Crippen LogP contribution in [-0.4, -0.2) is 25.7 Å². The van der Waals surface area contributed by atoms with Gasteiger partial charge < -0.3 is 20.5 Å². The van der Waals surface area contributed by atoms with E-state index in [4.69, 9.17) is 15.2 Å². The van der Waals surface area contributed by atoms with E-state index in [0.29, 0.717) is 24.1 Å². The maximum atomic E-state index is 11.0. The van der Waals surface area contributed by atoms with Gasteiger partial charge in [-0.25, -0.2) is 0 Å². The highest BCUT2D eigenvalue weighted by atomic mass is 16.5. The van der Waals surface area contributed by atoms with Gasteiger partial charge in [-0.05, 0) is 18.9 Å². The lowest BCUT2D eigenvalue weighted by Gasteiger charge is -2.19. The predicted molar refractivity (Wildman–Crippen MR) is 86.0 cm³/mol. The highest BCUT2D eigenvalue weighted by molar-refractivity contribution is 5.75. The molecule has 0 spiro atoms. The summed E-state index contributed by atoms with van der Waals surface area (Å²) < 4.78 is 10.9. The largest absolute Gasteiger partial charge is 0.493 e. The van der Waals surface area contributed by atoms with Crippen LogP contribution in [0, 0.1) is 0 Å². The van der Waals surface area contributed by atoms with Crippen LogP contribution >= 0.6 is 0 Å². The van der Waals surface area contributed by atoms with Crippen molar-refractivity contribution in [3.63, 3.8) is 0 Å². The third-order valence-corrected chi connectivity index (χ3v) is 4.08. The van der Waals surface area contributed by atoms with E-state index < -0.39 is 5.91 Å². The van der Waals surface area contributed by atoms with Crippen LogP contribution in [0.2, 0.25) is 0 Å². The Morgan fingerprint density at radius 3 is 2.64 bits per heavy atom. The lowest BCUT2D eigenvalue weighted by atomic mass is 10.1. The zero-order valence-corrected chi connectivity index (χ0v) is 13.3. The number of para-hydroxylation sites is 1. The Morgan fingerprint density at radius 1 is 1.27 bits per heavy atom. The SMILES string of the molecule is COc1cccc(CNC2CCCCCC2)c1OCC(N)=O. The molecule has 0 aromatic heterocycles. The fourth-order valence-corrected chi connectivity index (χ4v) is 2.91. The van der Waals surface area contributed by atoms with Crippen molar-refractivity contribution in [2.24, 2.45) is 5.73 Å². The van der Waals surface area contributed by atoms with Gasteiger partial charge in [-0.15, -0.1) is 0 Å². The summed E-state index contributed by atoms with van der Waals surface area (Å²) in [4.78, 5) is 11.0. The first-order valence-corrected chi connectivity index (χ1v) is 8.01. The number of hydrogen-bond acceptors (Lipinski definition) is 4. The Labute approximate surface area is 132 Å². The molecule has 0 aliphatic heterocycles. The molecule has 2 rings (SSSR count). The summed E-state index contributed by atoms with van der Waals surface area (Å²) in [6.45, 7) is 0.562. The first-order valence-electron chi connectivity index (χ1n) is 8.01. The fourth-order valence-electron chi connectivity index (χ4n) is 2.91. The Kier molecular flexibility index (Phi) is 6.52. The molecule has 1 amide bonds. The van der Waals surface area contributed by atoms with Crippen molar-refractivity contribution >= 4 is 5.91 Å². The van der Waals surface area contributed by atoms with Gasteiger partial charge in [0, 0.05) is 18.2 Å². The normalized spacial score (nSPS) is 16.0. The van der Waals surface area contributed by atoms with Crippen molar-refractivity contribution in [3.8, 4) is 11.5 Å². The van der Waals surface area contributed by atoms with Crippen LogP contribution < -0.4 is 20.5 Å². The number of amides is 1. The number of primary amides is 1. The maximum absolute atomic E-state index is 11.0. The third kappa shape index (κ3) is 4.91. The average Bonchev–Trinajstić information content (AvgIpc) is 2.79. The number of nitrogens with two attached hydrogens (primary N) is 1. The van der Waals surface area contributed by atoms with Crippen LogP contribution in [0.25, 0.3) is 0 Å². The zero-order valence-electron chi connectivity index (χ0n) is 13.3. The molecule has 1 saturated carbocycles. The second-order valence-electron chi connectivity index (χ2n) is 5.77. The van der Waals surface area contributed by atoms with Crippen LogP contribution in [-0.2, 0) is 11.3 Å². The molecule has 0 radical (unpaired) electrons. The van der Waals surface area contributed by atoms with Crippen molar-refractivity contribution in [2.45, 2.75) is 51.1 Å². The highest BCUT2D eigenvalue weighted by Gasteiger charge is 2.15. The number of nitrogens with one attached hydrogen (secondary N) is 1. The third-order valence-electron chi connectivity index (χ3n) is 4.08. The van der Waals surface area contributed by atoms with Crippen molar-refractivity contribution in [1.82, 2.24) is 5.32 Å². The smallest absolute Gasteiger partial charge is 0.255 e. The number of ether oxygens (including phenoxy) is 2. The summed E-state index contributed by atoms with van der Waals surface area (Å²) in [5.41, 5.74) is 6.16. The molecule has 0 heterocycles. The molecule has 1 aliphatic carbocycles. The molecule has 0 bridgehead atoms. The summed E-state index contributed by atoms with van der Waals surface area (Å²) in [5.74, 6) is 0.736. The molecule has 22 heavy (non-hydrogen) atoms. The van der Waals surface area contributed by atoms with Gasteiger partial charge in [-0.3, -0.25) is 4.79 Å². The number of carbonyl (C=O) groups is 1. The minimum absolute atomic E-state index is 0.142. The van der Waals surface area contributed by atoms with Crippen LogP contribution in [0.1, 0.15) is 44.1 Å². The molecule has 0 unspecified atom stereocenters. The number of benzene rings is 1. The number of carbonyl (C=O) groups excluding carboxylic acids is 1. The van der Waals surface area contributed by atoms with E-state index in [0.717, 1.165) is 5.56 Å². The van der Waals surface area contributed by atoms with Gasteiger partial charge in [0.1, 0.15) is 0 Å². The lowest BCUT2D eigenvalue weighted by molar-refractivity contribution is -0.119. The Bertz CT molecular complexity index is 483. The number of rotatable bonds is 7. The van der Waals surface area contributed by atoms with Gasteiger partial charge in [0.05, 0.1) is 7.11 Å². The summed E-state index contributed by atoms with van der Waals surface area (Å²) in [6.07, 6.45) is 7.71. The van der Waals surface area contributed by atoms with E-state index >= 15 is 0 Å². The van der Waals surface area contributed by atoms with Crippen molar-refractivity contribution in [1.29, 1.82) is 0 Å². The summed E-state index contributed by atoms with van der Waals surface area (Å²) in [7, 11) is 1.59. The average molecular weight is 306 g/mol. The molecule has 122 valence electrons. The van der Waals surface area contributed by atoms with E-state index in [9.17, 15) is 4.79 Å². The Hall–Kier alpha value is -1.75. The van der Waals surface area contributed by atoms with E-state index in [1.807, 2.05) is 18.2 Å². The first kappa shape index (κ1) is 16.6. The monoisotopic (exact) mass is 306 g/mol. The molecule has 0 atom stereocenters. The molecule has 3 N–H and O–H groups in total. The van der Waals surface area contributed by atoms with E-state index in [1.165, 1.54) is 38.5 Å². The van der Waals surface area contributed by atoms with Crippen LogP contribution in [0.4, 0.5) is 0 Å². The second kappa shape index (κ2) is 8.63. The summed E-state index contributed by atoms with van der Waals surface area (Å²) in [6, 6.07) is 6.30. The lowest BCUT2D eigenvalue weighted by Crippen LogP contribution is -2.28. The number of hydrogen-bond donors (Lipinski definition) is 2. The van der Waals surface area contributed by atoms with E-state index in [1.54, 1.807) is 7.11 Å². The van der Waals surface area contributed by atoms with E-state index in [-0.39, 0.29) is 6.61 Å². The highest BCUT2D eigenvalue weighted by Crippen LogP contribution is 2.31. The molecular formula is C17H26N2O3. The van der Waals surface area contributed by atoms with Crippen LogP contribution in [0.3, 0.4) is 0 Å². The molecule has 1 aromatic rings. The fraction of sp³-hybridized carbons (Fsp3) is 0.588. The Balaban J connectivity index is 2.03. The minimum atomic E-state index is -0.492. The molecule has 5 nitrogen and oxygen atoms in total. The summed E-state index contributed by atoms with van der Waals surface area (Å²) >= 11 is 0. The predicted octanol–water partition coefficient (Wildman–Crippen LogP) is 2.37. The molecule has 5 heteroatoms. The van der Waals surface area contributed by atoms with Crippen molar-refractivity contribution in [2.75, 3.05) is 13.7 Å². The molecule has 1 fully saturated rings. The van der Waals surface area contributed by atoms with E-state index in [2.05, 4.69) is 5.32 Å². The van der Waals surface area contributed by atoms with Crippen molar-refractivity contribution in [3.05, 3.63) is 23.8 Å². The number of methoxy groups -OCH3 is 1. The van der Waals surface area contributed by atoms with Gasteiger partial charge in [-0.2, -0.15) is 0 Å². The van der Waals surface area contributed by atoms with Gasteiger partial charge in [0.25, 0.3) is 5.91 Å². The molecule has 0 saturated heterocycles.